The molecule has 0 saturated heterocycles. The normalized spacial score (nSPS) is 15.2. The molecule has 1 aromatic heterocycles. The number of nitro benzene ring substituents is 2. The molecule has 0 fully saturated rings. The van der Waals surface area contributed by atoms with E-state index in [1.807, 2.05) is 0 Å². The van der Waals surface area contributed by atoms with Gasteiger partial charge in [-0.25, -0.2) is 4.68 Å². The maximum Gasteiger partial charge on any atom is 0.269 e. The topological polar surface area (TPSA) is 172 Å². The highest BCUT2D eigenvalue weighted by Gasteiger charge is 2.34. The number of carbonyl (C=O) groups is 1. The van der Waals surface area contributed by atoms with Crippen molar-refractivity contribution in [1.29, 1.82) is 0 Å². The van der Waals surface area contributed by atoms with Gasteiger partial charge in [-0.15, -0.1) is 5.10 Å². The van der Waals surface area contributed by atoms with E-state index in [1.54, 1.807) is 13.0 Å². The van der Waals surface area contributed by atoms with Crippen LogP contribution in [0.5, 0.6) is 0 Å². The number of nitro groups is 2. The van der Waals surface area contributed by atoms with Crippen molar-refractivity contribution in [3.8, 4) is 11.4 Å². The van der Waals surface area contributed by atoms with Crippen LogP contribution in [0.2, 0.25) is 0 Å². The molecule has 1 aliphatic rings. The number of nitrogens with zero attached hydrogens (tertiary/aromatic N) is 5. The average Bonchev–Trinajstić information content (AvgIpc) is 3.16. The van der Waals surface area contributed by atoms with E-state index >= 15 is 0 Å². The molecule has 0 saturated carbocycles. The molecular formula is C19H15N7O5. The predicted molar refractivity (Wildman–Crippen MR) is 109 cm³/mol. The van der Waals surface area contributed by atoms with Crippen LogP contribution in [0.4, 0.5) is 17.3 Å². The zero-order valence-corrected chi connectivity index (χ0v) is 16.1. The van der Waals surface area contributed by atoms with Gasteiger partial charge in [-0.1, -0.05) is 12.1 Å². The Morgan fingerprint density at radius 2 is 1.77 bits per heavy atom. The van der Waals surface area contributed by atoms with Crippen LogP contribution in [-0.4, -0.2) is 30.5 Å². The standard InChI is InChI=1S/C19H15N7O5/c1-10-15(17(20)27)16(12-3-2-4-14(9-12)26(30)31)24-19(21-10)22-18(23-24)11-5-7-13(8-6-11)25(28)29/h2-9,16H,1H3,(H2,20,27)(H,21,22,23). The minimum atomic E-state index is -0.840. The molecular weight excluding hydrogens is 406 g/mol. The Morgan fingerprint density at radius 3 is 2.39 bits per heavy atom. The molecule has 156 valence electrons. The molecule has 1 aliphatic heterocycles. The van der Waals surface area contributed by atoms with Crippen LogP contribution in [-0.2, 0) is 4.79 Å². The Kier molecular flexibility index (Phi) is 4.66. The second-order valence-corrected chi connectivity index (χ2v) is 6.79. The molecule has 2 heterocycles. The first-order valence-corrected chi connectivity index (χ1v) is 8.99. The number of aromatic nitrogens is 3. The van der Waals surface area contributed by atoms with Crippen molar-refractivity contribution < 1.29 is 14.6 Å². The van der Waals surface area contributed by atoms with E-state index in [1.165, 1.54) is 47.1 Å². The largest absolute Gasteiger partial charge is 0.366 e. The quantitative estimate of drug-likeness (QED) is 0.467. The minimum Gasteiger partial charge on any atom is -0.366 e. The number of rotatable bonds is 5. The second-order valence-electron chi connectivity index (χ2n) is 6.79. The molecule has 1 unspecified atom stereocenters. The van der Waals surface area contributed by atoms with Crippen LogP contribution in [0, 0.1) is 20.2 Å². The molecule has 4 rings (SSSR count). The van der Waals surface area contributed by atoms with E-state index in [0.29, 0.717) is 22.8 Å². The van der Waals surface area contributed by atoms with E-state index in [2.05, 4.69) is 15.4 Å². The third kappa shape index (κ3) is 3.46. The van der Waals surface area contributed by atoms with Gasteiger partial charge in [-0.05, 0) is 24.6 Å². The average molecular weight is 421 g/mol. The van der Waals surface area contributed by atoms with Gasteiger partial charge in [0.25, 0.3) is 11.4 Å². The van der Waals surface area contributed by atoms with Gasteiger partial charge in [-0.2, -0.15) is 4.98 Å². The van der Waals surface area contributed by atoms with Crippen molar-refractivity contribution in [2.45, 2.75) is 13.0 Å². The number of amides is 1. The van der Waals surface area contributed by atoms with Gasteiger partial charge in [-0.3, -0.25) is 25.0 Å². The number of hydrogen-bond donors (Lipinski definition) is 2. The Labute approximate surface area is 174 Å². The smallest absolute Gasteiger partial charge is 0.269 e. The molecule has 2 aromatic carbocycles. The van der Waals surface area contributed by atoms with Crippen molar-refractivity contribution in [3.63, 3.8) is 0 Å². The molecule has 0 radical (unpaired) electrons. The highest BCUT2D eigenvalue weighted by Crippen LogP contribution is 2.37. The van der Waals surface area contributed by atoms with Crippen molar-refractivity contribution in [2.75, 3.05) is 5.32 Å². The summed E-state index contributed by atoms with van der Waals surface area (Å²) >= 11 is 0. The highest BCUT2D eigenvalue weighted by molar-refractivity contribution is 5.95. The summed E-state index contributed by atoms with van der Waals surface area (Å²) in [6.45, 7) is 1.65. The molecule has 1 atom stereocenters. The van der Waals surface area contributed by atoms with Crippen molar-refractivity contribution in [3.05, 3.63) is 85.6 Å². The van der Waals surface area contributed by atoms with Crippen LogP contribution < -0.4 is 11.1 Å². The number of fused-ring (bicyclic) bond motifs is 1. The van der Waals surface area contributed by atoms with E-state index in [0.717, 1.165) is 0 Å². The summed E-state index contributed by atoms with van der Waals surface area (Å²) in [5.41, 5.74) is 6.97. The van der Waals surface area contributed by atoms with Gasteiger partial charge in [0.1, 0.15) is 6.04 Å². The fraction of sp³-hybridized carbons (Fsp3) is 0.105. The number of primary amides is 1. The first-order chi connectivity index (χ1) is 14.8. The van der Waals surface area contributed by atoms with Crippen molar-refractivity contribution >= 4 is 23.2 Å². The molecule has 12 heteroatoms. The number of benzene rings is 2. The third-order valence-corrected chi connectivity index (χ3v) is 4.85. The lowest BCUT2D eigenvalue weighted by atomic mass is 9.95. The summed E-state index contributed by atoms with van der Waals surface area (Å²) < 4.78 is 1.42. The molecule has 0 spiro atoms. The van der Waals surface area contributed by atoms with E-state index in [-0.39, 0.29) is 22.8 Å². The van der Waals surface area contributed by atoms with Crippen molar-refractivity contribution in [2.24, 2.45) is 5.73 Å². The number of nitrogens with two attached hydrogens (primary N) is 1. The molecule has 3 aromatic rings. The maximum absolute atomic E-state index is 12.2. The highest BCUT2D eigenvalue weighted by atomic mass is 16.6. The minimum absolute atomic E-state index is 0.0751. The molecule has 0 aliphatic carbocycles. The van der Waals surface area contributed by atoms with Crippen molar-refractivity contribution in [1.82, 2.24) is 14.8 Å². The number of carbonyl (C=O) groups excluding carboxylic acids is 1. The molecule has 12 nitrogen and oxygen atoms in total. The van der Waals surface area contributed by atoms with Crippen LogP contribution in [0.25, 0.3) is 11.4 Å². The third-order valence-electron chi connectivity index (χ3n) is 4.85. The van der Waals surface area contributed by atoms with E-state index in [9.17, 15) is 25.0 Å². The van der Waals surface area contributed by atoms with Crippen LogP contribution in [0.1, 0.15) is 18.5 Å². The molecule has 0 bridgehead atoms. The summed E-state index contributed by atoms with van der Waals surface area (Å²) in [6.07, 6.45) is 0. The Hall–Kier alpha value is -4.61. The molecule has 31 heavy (non-hydrogen) atoms. The second kappa shape index (κ2) is 7.33. The van der Waals surface area contributed by atoms with Gasteiger partial charge in [0, 0.05) is 35.5 Å². The summed E-state index contributed by atoms with van der Waals surface area (Å²) in [5, 5.41) is 29.5. The Balaban J connectivity index is 1.85. The number of anilines is 1. The number of nitrogens with one attached hydrogen (secondary N) is 1. The van der Waals surface area contributed by atoms with Crippen LogP contribution in [0.3, 0.4) is 0 Å². The van der Waals surface area contributed by atoms with Gasteiger partial charge in [0.2, 0.25) is 11.9 Å². The zero-order valence-electron chi connectivity index (χ0n) is 16.1. The Morgan fingerprint density at radius 1 is 1.10 bits per heavy atom. The lowest BCUT2D eigenvalue weighted by molar-refractivity contribution is -0.385. The number of non-ortho nitro benzene ring substituents is 2. The first-order valence-electron chi connectivity index (χ1n) is 8.99. The zero-order chi connectivity index (χ0) is 22.3. The molecule has 1 amide bonds. The van der Waals surface area contributed by atoms with Gasteiger partial charge < -0.3 is 11.1 Å². The SMILES string of the molecule is CC1=C(C(N)=O)C(c2cccc([N+](=O)[O-])c2)n2nc(-c3ccc([N+](=O)[O-])cc3)nc2N1. The molecule has 3 N–H and O–H groups in total. The lowest BCUT2D eigenvalue weighted by Gasteiger charge is -2.27. The summed E-state index contributed by atoms with van der Waals surface area (Å²) in [6, 6.07) is 10.7. The lowest BCUT2D eigenvalue weighted by Crippen LogP contribution is -2.31. The van der Waals surface area contributed by atoms with Crippen LogP contribution >= 0.6 is 0 Å². The fourth-order valence-electron chi connectivity index (χ4n) is 3.44. The van der Waals surface area contributed by atoms with E-state index in [4.69, 9.17) is 5.73 Å². The Bertz CT molecular complexity index is 1260. The van der Waals surface area contributed by atoms with E-state index < -0.39 is 21.8 Å². The fourth-order valence-corrected chi connectivity index (χ4v) is 3.44. The summed E-state index contributed by atoms with van der Waals surface area (Å²) in [5.74, 6) is -0.154. The monoisotopic (exact) mass is 421 g/mol. The maximum atomic E-state index is 12.2. The van der Waals surface area contributed by atoms with Crippen LogP contribution in [0.15, 0.2) is 59.8 Å². The first kappa shape index (κ1) is 19.7. The summed E-state index contributed by atoms with van der Waals surface area (Å²) in [7, 11) is 0. The number of hydrogen-bond acceptors (Lipinski definition) is 8. The predicted octanol–water partition coefficient (Wildman–Crippen LogP) is 2.54. The van der Waals surface area contributed by atoms with Gasteiger partial charge in [0.15, 0.2) is 5.82 Å². The van der Waals surface area contributed by atoms with Gasteiger partial charge >= 0.3 is 0 Å². The number of allylic oxidation sites excluding steroid dienone is 1. The summed E-state index contributed by atoms with van der Waals surface area (Å²) in [4.78, 5) is 37.7. The van der Waals surface area contributed by atoms with Gasteiger partial charge in [0.05, 0.1) is 15.4 Å².